The van der Waals surface area contributed by atoms with Gasteiger partial charge in [-0.15, -0.1) is 0 Å². The molecule has 1 fully saturated rings. The second-order valence-electron chi connectivity index (χ2n) is 11.0. The minimum atomic E-state index is -1.97. The lowest BCUT2D eigenvalue weighted by Crippen LogP contribution is -2.49. The lowest BCUT2D eigenvalue weighted by atomic mass is 10.0. The Labute approximate surface area is 169 Å². The van der Waals surface area contributed by atoms with Gasteiger partial charge in [0.2, 0.25) is 6.29 Å². The number of ether oxygens (including phenoxy) is 2. The van der Waals surface area contributed by atoms with Gasteiger partial charge in [-0.2, -0.15) is 0 Å². The highest BCUT2D eigenvalue weighted by Crippen LogP contribution is 2.42. The normalized spacial score (nSPS) is 27.7. The van der Waals surface area contributed by atoms with Crippen molar-refractivity contribution in [3.63, 3.8) is 0 Å². The van der Waals surface area contributed by atoms with Crippen LogP contribution in [0.4, 0.5) is 0 Å². The molecule has 27 heavy (non-hydrogen) atoms. The molecule has 1 heterocycles. The molecule has 1 aliphatic rings. The van der Waals surface area contributed by atoms with E-state index in [2.05, 4.69) is 74.7 Å². The number of rotatable bonds is 6. The van der Waals surface area contributed by atoms with Crippen molar-refractivity contribution in [3.8, 4) is 0 Å². The van der Waals surface area contributed by atoms with Crippen molar-refractivity contribution >= 4 is 22.5 Å². The van der Waals surface area contributed by atoms with E-state index in [1.807, 2.05) is 0 Å². The van der Waals surface area contributed by atoms with Crippen LogP contribution >= 0.6 is 0 Å². The van der Waals surface area contributed by atoms with Crippen molar-refractivity contribution in [3.05, 3.63) is 0 Å². The lowest BCUT2D eigenvalue weighted by molar-refractivity contribution is -0.106. The zero-order chi connectivity index (χ0) is 21.4. The molecule has 0 aromatic carbocycles. The van der Waals surface area contributed by atoms with E-state index in [9.17, 15) is 0 Å². The highest BCUT2D eigenvalue weighted by molar-refractivity contribution is 6.74. The van der Waals surface area contributed by atoms with Crippen LogP contribution in [-0.2, 0) is 18.3 Å². The summed E-state index contributed by atoms with van der Waals surface area (Å²) in [5.41, 5.74) is 0. The maximum absolute atomic E-state index is 7.68. The van der Waals surface area contributed by atoms with Gasteiger partial charge in [-0.05, 0) is 36.3 Å². The summed E-state index contributed by atoms with van der Waals surface area (Å²) in [6.45, 7) is 26.7. The first-order chi connectivity index (χ1) is 11.9. The molecule has 0 radical (unpaired) electrons. The van der Waals surface area contributed by atoms with Gasteiger partial charge >= 0.3 is 0 Å². The van der Waals surface area contributed by atoms with Gasteiger partial charge in [-0.25, -0.2) is 0 Å². The molecule has 1 aliphatic heterocycles. The first-order valence-electron chi connectivity index (χ1n) is 10.1. The van der Waals surface area contributed by atoms with Gasteiger partial charge < -0.3 is 18.3 Å². The molecule has 7 heteroatoms. The second kappa shape index (κ2) is 8.26. The minimum Gasteiger partial charge on any atom is -0.452 e. The van der Waals surface area contributed by atoms with Crippen LogP contribution in [0.1, 0.15) is 55.4 Å². The van der Waals surface area contributed by atoms with E-state index in [4.69, 9.17) is 23.7 Å². The number of hydrogen-bond acceptors (Lipinski definition) is 5. The van der Waals surface area contributed by atoms with Crippen LogP contribution in [0.5, 0.6) is 0 Å². The smallest absolute Gasteiger partial charge is 0.206 e. The zero-order valence-corrected chi connectivity index (χ0v) is 21.6. The standard InChI is InChI=1S/C20H43NO4Si2/c1-14-17(25-27(11,12)20(6,7)8)16(24-18(14)23-15(2)21)13-22-26(9,10)19(3,4)5/h14,16-18,21H,13H2,1-12H3/t14?,16-,17?,18+/m0/s1. The lowest BCUT2D eigenvalue weighted by Gasteiger charge is -2.41. The van der Waals surface area contributed by atoms with E-state index >= 15 is 0 Å². The van der Waals surface area contributed by atoms with E-state index in [-0.39, 0.29) is 34.1 Å². The Morgan fingerprint density at radius 3 is 1.85 bits per heavy atom. The molecule has 0 aromatic heterocycles. The zero-order valence-electron chi connectivity index (χ0n) is 19.6. The van der Waals surface area contributed by atoms with Gasteiger partial charge in [-0.3, -0.25) is 5.41 Å². The SMILES string of the molecule is CC(=N)O[C@@H]1O[C@@H](CO[Si](C)(C)C(C)(C)C)C(O[Si](C)(C)C(C)(C)C)C1C. The molecule has 1 N–H and O–H groups in total. The van der Waals surface area contributed by atoms with E-state index in [1.165, 1.54) is 0 Å². The summed E-state index contributed by atoms with van der Waals surface area (Å²) in [5, 5.41) is 7.95. The fourth-order valence-electron chi connectivity index (χ4n) is 2.52. The van der Waals surface area contributed by atoms with Gasteiger partial charge in [0.05, 0.1) is 12.7 Å². The molecule has 0 aliphatic carbocycles. The van der Waals surface area contributed by atoms with Gasteiger partial charge in [-0.1, -0.05) is 48.5 Å². The molecular formula is C20H43NO4Si2. The molecule has 0 aromatic rings. The Bertz CT molecular complexity index is 523. The first kappa shape index (κ1) is 24.8. The summed E-state index contributed by atoms with van der Waals surface area (Å²) in [5.74, 6) is 0.219. The average Bonchev–Trinajstić information content (AvgIpc) is 2.70. The summed E-state index contributed by atoms with van der Waals surface area (Å²) in [7, 11) is -3.85. The number of nitrogens with one attached hydrogen (secondary N) is 1. The van der Waals surface area contributed by atoms with Crippen molar-refractivity contribution in [2.24, 2.45) is 5.92 Å². The fraction of sp³-hybridized carbons (Fsp3) is 0.950. The Hall–Kier alpha value is -0.216. The van der Waals surface area contributed by atoms with E-state index in [0.717, 1.165) is 0 Å². The van der Waals surface area contributed by atoms with Gasteiger partial charge in [0.15, 0.2) is 22.5 Å². The predicted molar refractivity (Wildman–Crippen MR) is 118 cm³/mol. The third-order valence-corrected chi connectivity index (χ3v) is 15.5. The van der Waals surface area contributed by atoms with Crippen molar-refractivity contribution in [2.75, 3.05) is 6.61 Å². The van der Waals surface area contributed by atoms with Crippen molar-refractivity contribution < 1.29 is 18.3 Å². The van der Waals surface area contributed by atoms with Crippen LogP contribution in [0.25, 0.3) is 0 Å². The Balaban J connectivity index is 3.01. The first-order valence-corrected chi connectivity index (χ1v) is 15.9. The number of hydrogen-bond donors (Lipinski definition) is 1. The highest BCUT2D eigenvalue weighted by Gasteiger charge is 2.50. The van der Waals surface area contributed by atoms with Gasteiger partial charge in [0.1, 0.15) is 6.10 Å². The van der Waals surface area contributed by atoms with Crippen molar-refractivity contribution in [1.29, 1.82) is 5.41 Å². The van der Waals surface area contributed by atoms with Crippen molar-refractivity contribution in [2.45, 2.75) is 110 Å². The average molecular weight is 418 g/mol. The van der Waals surface area contributed by atoms with E-state index < -0.39 is 22.9 Å². The van der Waals surface area contributed by atoms with Crippen molar-refractivity contribution in [1.82, 2.24) is 0 Å². The quantitative estimate of drug-likeness (QED) is 0.338. The third kappa shape index (κ3) is 6.13. The molecule has 1 rings (SSSR count). The molecule has 160 valence electrons. The Morgan fingerprint density at radius 2 is 1.44 bits per heavy atom. The van der Waals surface area contributed by atoms with Crippen LogP contribution < -0.4 is 0 Å². The maximum Gasteiger partial charge on any atom is 0.206 e. The summed E-state index contributed by atoms with van der Waals surface area (Å²) < 4.78 is 25.0. The molecule has 0 spiro atoms. The minimum absolute atomic E-state index is 0.0486. The maximum atomic E-state index is 7.68. The molecule has 5 nitrogen and oxygen atoms in total. The molecular weight excluding hydrogens is 374 g/mol. The molecule has 1 saturated heterocycles. The monoisotopic (exact) mass is 417 g/mol. The summed E-state index contributed by atoms with van der Waals surface area (Å²) in [4.78, 5) is 0. The van der Waals surface area contributed by atoms with E-state index in [1.54, 1.807) is 6.92 Å². The predicted octanol–water partition coefficient (Wildman–Crippen LogP) is 5.77. The summed E-state index contributed by atoms with van der Waals surface area (Å²) in [6.07, 6.45) is -0.710. The summed E-state index contributed by atoms with van der Waals surface area (Å²) >= 11 is 0. The highest BCUT2D eigenvalue weighted by atomic mass is 28.4. The third-order valence-electron chi connectivity index (χ3n) is 6.57. The fourth-order valence-corrected chi connectivity index (χ4v) is 4.93. The van der Waals surface area contributed by atoms with E-state index in [0.29, 0.717) is 6.61 Å². The molecule has 2 unspecified atom stereocenters. The summed E-state index contributed by atoms with van der Waals surface area (Å²) in [6, 6.07) is 0. The second-order valence-corrected chi connectivity index (χ2v) is 20.6. The molecule has 0 amide bonds. The molecule has 4 atom stereocenters. The molecule has 0 saturated carbocycles. The van der Waals surface area contributed by atoms with Crippen LogP contribution in [0.2, 0.25) is 36.3 Å². The van der Waals surface area contributed by atoms with Gasteiger partial charge in [0.25, 0.3) is 0 Å². The van der Waals surface area contributed by atoms with Crippen LogP contribution in [0.3, 0.4) is 0 Å². The largest absolute Gasteiger partial charge is 0.452 e. The van der Waals surface area contributed by atoms with Crippen LogP contribution in [-0.4, -0.2) is 47.6 Å². The van der Waals surface area contributed by atoms with Crippen LogP contribution in [0.15, 0.2) is 0 Å². The topological polar surface area (TPSA) is 60.8 Å². The molecule has 0 bridgehead atoms. The van der Waals surface area contributed by atoms with Crippen LogP contribution in [0, 0.1) is 11.3 Å². The Morgan fingerprint density at radius 1 is 0.963 bits per heavy atom. The van der Waals surface area contributed by atoms with Gasteiger partial charge in [0, 0.05) is 12.8 Å². The Kier molecular flexibility index (Phi) is 7.59.